The number of halogens is 2. The summed E-state index contributed by atoms with van der Waals surface area (Å²) >= 11 is 5.68. The summed E-state index contributed by atoms with van der Waals surface area (Å²) < 4.78 is 18.7. The van der Waals surface area contributed by atoms with Crippen LogP contribution in [0.4, 0.5) is 4.39 Å². The maximum atomic E-state index is 13.5. The summed E-state index contributed by atoms with van der Waals surface area (Å²) in [4.78, 5) is 14.1. The van der Waals surface area contributed by atoms with Crippen molar-refractivity contribution in [3.8, 4) is 0 Å². The Morgan fingerprint density at radius 1 is 1.43 bits per heavy atom. The molecule has 2 fully saturated rings. The van der Waals surface area contributed by atoms with Crippen molar-refractivity contribution in [3.63, 3.8) is 0 Å². The summed E-state index contributed by atoms with van der Waals surface area (Å²) in [6.07, 6.45) is 4.29. The number of carbonyl (C=O) groups is 1. The number of ether oxygens (including phenoxy) is 1. The van der Waals surface area contributed by atoms with Gasteiger partial charge in [-0.05, 0) is 24.1 Å². The Labute approximate surface area is 140 Å². The van der Waals surface area contributed by atoms with Crippen LogP contribution in [0.5, 0.6) is 0 Å². The molecule has 1 saturated carbocycles. The molecule has 1 aliphatic heterocycles. The van der Waals surface area contributed by atoms with Gasteiger partial charge in [0.2, 0.25) is 5.91 Å². The lowest BCUT2D eigenvalue weighted by molar-refractivity contribution is -0.116. The summed E-state index contributed by atoms with van der Waals surface area (Å²) in [5, 5.41) is 3.08. The summed E-state index contributed by atoms with van der Waals surface area (Å²) in [5.41, 5.74) is 0.884. The second-order valence-corrected chi connectivity index (χ2v) is 6.35. The van der Waals surface area contributed by atoms with Crippen molar-refractivity contribution in [3.05, 3.63) is 46.8 Å². The van der Waals surface area contributed by atoms with Crippen molar-refractivity contribution in [2.24, 2.45) is 0 Å². The van der Waals surface area contributed by atoms with Crippen LogP contribution >= 0.6 is 11.6 Å². The van der Waals surface area contributed by atoms with Gasteiger partial charge < -0.3 is 10.1 Å². The third-order valence-corrected chi connectivity index (χ3v) is 4.53. The first-order valence-corrected chi connectivity index (χ1v) is 8.23. The van der Waals surface area contributed by atoms with Crippen molar-refractivity contribution < 1.29 is 13.9 Å². The van der Waals surface area contributed by atoms with Gasteiger partial charge in [-0.15, -0.1) is 0 Å². The Hall–Kier alpha value is -1.43. The molecule has 1 heterocycles. The van der Waals surface area contributed by atoms with Gasteiger partial charge in [-0.25, -0.2) is 4.39 Å². The lowest BCUT2D eigenvalue weighted by atomic mass is 10.1. The number of morpholine rings is 1. The highest BCUT2D eigenvalue weighted by molar-refractivity contribution is 6.30. The van der Waals surface area contributed by atoms with E-state index in [1.165, 1.54) is 6.07 Å². The van der Waals surface area contributed by atoms with Crippen molar-refractivity contribution in [2.75, 3.05) is 32.8 Å². The molecule has 0 aromatic heterocycles. The molecule has 0 radical (unpaired) electrons. The zero-order valence-electron chi connectivity index (χ0n) is 12.8. The average molecular weight is 339 g/mol. The molecule has 1 aliphatic carbocycles. The van der Waals surface area contributed by atoms with E-state index in [2.05, 4.69) is 10.2 Å². The van der Waals surface area contributed by atoms with E-state index >= 15 is 0 Å². The number of nitrogens with one attached hydrogen (secondary N) is 1. The number of hydrogen-bond acceptors (Lipinski definition) is 3. The van der Waals surface area contributed by atoms with Gasteiger partial charge in [0.1, 0.15) is 5.82 Å². The molecule has 1 aromatic rings. The molecule has 1 N–H and O–H groups in total. The number of hydrogen-bond donors (Lipinski definition) is 1. The molecule has 1 saturated heterocycles. The first-order chi connectivity index (χ1) is 11.1. The maximum absolute atomic E-state index is 13.5. The Morgan fingerprint density at radius 3 is 2.96 bits per heavy atom. The van der Waals surface area contributed by atoms with E-state index in [1.54, 1.807) is 12.1 Å². The predicted octanol–water partition coefficient (Wildman–Crippen LogP) is 2.34. The van der Waals surface area contributed by atoms with E-state index in [1.807, 2.05) is 12.1 Å². The summed E-state index contributed by atoms with van der Waals surface area (Å²) in [6.45, 7) is 4.06. The van der Waals surface area contributed by atoms with Crippen LogP contribution in [0.3, 0.4) is 0 Å². The van der Waals surface area contributed by atoms with Crippen LogP contribution in [0.15, 0.2) is 30.4 Å². The number of nitrogens with zero attached hydrogens (tertiary/aromatic N) is 1. The normalized spacial score (nSPS) is 24.8. The highest BCUT2D eigenvalue weighted by Crippen LogP contribution is 2.41. The van der Waals surface area contributed by atoms with E-state index in [4.69, 9.17) is 16.3 Å². The fourth-order valence-electron chi connectivity index (χ4n) is 2.79. The minimum atomic E-state index is -0.411. The Kier molecular flexibility index (Phi) is 5.30. The predicted molar refractivity (Wildman–Crippen MR) is 87.1 cm³/mol. The summed E-state index contributed by atoms with van der Waals surface area (Å²) in [7, 11) is 0. The van der Waals surface area contributed by atoms with Gasteiger partial charge in [-0.3, -0.25) is 9.69 Å². The monoisotopic (exact) mass is 338 g/mol. The lowest BCUT2D eigenvalue weighted by Crippen LogP contribution is -2.36. The molecule has 3 rings (SSSR count). The Bertz CT molecular complexity index is 602. The molecule has 1 amide bonds. The molecule has 4 nitrogen and oxygen atoms in total. The summed E-state index contributed by atoms with van der Waals surface area (Å²) in [5.74, 6) is -0.329. The third kappa shape index (κ3) is 4.53. The Morgan fingerprint density at radius 2 is 2.22 bits per heavy atom. The number of amides is 1. The minimum Gasteiger partial charge on any atom is -0.379 e. The quantitative estimate of drug-likeness (QED) is 0.838. The van der Waals surface area contributed by atoms with Crippen LogP contribution < -0.4 is 5.32 Å². The molecule has 0 bridgehead atoms. The van der Waals surface area contributed by atoms with E-state index < -0.39 is 5.82 Å². The number of rotatable bonds is 5. The van der Waals surface area contributed by atoms with E-state index in [0.717, 1.165) is 44.8 Å². The van der Waals surface area contributed by atoms with Crippen LogP contribution in [0, 0.1) is 5.82 Å². The van der Waals surface area contributed by atoms with Gasteiger partial charge in [-0.2, -0.15) is 0 Å². The molecule has 1 aromatic carbocycles. The first kappa shape index (κ1) is 16.4. The largest absolute Gasteiger partial charge is 0.379 e. The van der Waals surface area contributed by atoms with Crippen molar-refractivity contribution >= 4 is 17.5 Å². The van der Waals surface area contributed by atoms with Crippen LogP contribution in [0.1, 0.15) is 17.9 Å². The van der Waals surface area contributed by atoms with E-state index in [0.29, 0.717) is 0 Å². The average Bonchev–Trinajstić information content (AvgIpc) is 3.30. The molecule has 23 heavy (non-hydrogen) atoms. The highest BCUT2D eigenvalue weighted by atomic mass is 35.5. The van der Waals surface area contributed by atoms with Gasteiger partial charge in [0.05, 0.1) is 18.2 Å². The molecule has 2 atom stereocenters. The summed E-state index contributed by atoms with van der Waals surface area (Å²) in [6, 6.07) is 4.91. The van der Waals surface area contributed by atoms with Gasteiger partial charge in [0.25, 0.3) is 0 Å². The van der Waals surface area contributed by atoms with Crippen molar-refractivity contribution in [2.45, 2.75) is 18.4 Å². The molecule has 0 unspecified atom stereocenters. The van der Waals surface area contributed by atoms with Gasteiger partial charge in [0, 0.05) is 37.7 Å². The lowest BCUT2D eigenvalue weighted by Gasteiger charge is -2.25. The molecule has 124 valence electrons. The molecule has 0 spiro atoms. The number of carbonyl (C=O) groups excluding carboxylic acids is 1. The SMILES string of the molecule is O=C(/C=C/CN1CCOCC1)N[C@@H]1C[C@H]1c1ccc(Cl)c(F)c1. The number of benzene rings is 1. The molecule has 2 aliphatic rings. The van der Waals surface area contributed by atoms with Gasteiger partial charge in [0.15, 0.2) is 0 Å². The van der Waals surface area contributed by atoms with Crippen LogP contribution in [0.2, 0.25) is 5.02 Å². The molecular formula is C17H20ClFN2O2. The molecule has 6 heteroatoms. The fourth-order valence-corrected chi connectivity index (χ4v) is 2.91. The molecular weight excluding hydrogens is 319 g/mol. The van der Waals surface area contributed by atoms with Gasteiger partial charge >= 0.3 is 0 Å². The Balaban J connectivity index is 1.43. The smallest absolute Gasteiger partial charge is 0.243 e. The maximum Gasteiger partial charge on any atom is 0.243 e. The second-order valence-electron chi connectivity index (χ2n) is 5.95. The van der Waals surface area contributed by atoms with Gasteiger partial charge in [-0.1, -0.05) is 23.7 Å². The minimum absolute atomic E-state index is 0.0797. The topological polar surface area (TPSA) is 41.6 Å². The third-order valence-electron chi connectivity index (χ3n) is 4.23. The highest BCUT2D eigenvalue weighted by Gasteiger charge is 2.39. The van der Waals surface area contributed by atoms with Crippen molar-refractivity contribution in [1.82, 2.24) is 10.2 Å². The van der Waals surface area contributed by atoms with E-state index in [-0.39, 0.29) is 22.9 Å². The second kappa shape index (κ2) is 7.43. The first-order valence-electron chi connectivity index (χ1n) is 7.85. The zero-order valence-corrected chi connectivity index (χ0v) is 13.6. The van der Waals surface area contributed by atoms with Crippen LogP contribution in [0.25, 0.3) is 0 Å². The van der Waals surface area contributed by atoms with Crippen molar-refractivity contribution in [1.29, 1.82) is 0 Å². The fraction of sp³-hybridized carbons (Fsp3) is 0.471. The van der Waals surface area contributed by atoms with E-state index in [9.17, 15) is 9.18 Å². The van der Waals surface area contributed by atoms with Crippen LogP contribution in [-0.4, -0.2) is 49.7 Å². The zero-order chi connectivity index (χ0) is 16.2. The standard InChI is InChI=1S/C17H20ClFN2O2/c18-14-4-3-12(10-15(14)19)13-11-16(13)20-17(22)2-1-5-21-6-8-23-9-7-21/h1-4,10,13,16H,5-9,11H2,(H,20,22)/b2-1+/t13-,16+/m0/s1. The van der Waals surface area contributed by atoms with Crippen LogP contribution in [-0.2, 0) is 9.53 Å².